The normalized spacial score (nSPS) is 14.8. The molecule has 0 aliphatic rings. The van der Waals surface area contributed by atoms with Crippen molar-refractivity contribution in [2.45, 2.75) is 39.7 Å². The van der Waals surface area contributed by atoms with Crippen LogP contribution in [-0.2, 0) is 6.42 Å². The van der Waals surface area contributed by atoms with E-state index in [9.17, 15) is 0 Å². The summed E-state index contributed by atoms with van der Waals surface area (Å²) in [5.74, 6) is 0.687. The molecule has 0 aliphatic heterocycles. The molecule has 1 aromatic carbocycles. The summed E-state index contributed by atoms with van der Waals surface area (Å²) < 4.78 is 1.31. The molecule has 0 aromatic heterocycles. The van der Waals surface area contributed by atoms with E-state index in [0.29, 0.717) is 12.0 Å². The minimum Gasteiger partial charge on any atom is -0.314 e. The molecule has 0 saturated carbocycles. The summed E-state index contributed by atoms with van der Waals surface area (Å²) in [6.45, 7) is 7.94. The molecule has 2 unspecified atom stereocenters. The van der Waals surface area contributed by atoms with Gasteiger partial charge >= 0.3 is 0 Å². The van der Waals surface area contributed by atoms with E-state index in [1.165, 1.54) is 15.6 Å². The Morgan fingerprint density at radius 1 is 1.19 bits per heavy atom. The number of rotatable bonds is 6. The predicted octanol–water partition coefficient (Wildman–Crippen LogP) is 3.86. The topological polar surface area (TPSA) is 12.0 Å². The first-order chi connectivity index (χ1) is 7.63. The van der Waals surface area contributed by atoms with Gasteiger partial charge in [-0.2, -0.15) is 0 Å². The minimum atomic E-state index is 0.597. The van der Waals surface area contributed by atoms with Crippen LogP contribution in [0, 0.1) is 9.49 Å². The Hall–Kier alpha value is -0.0900. The molecule has 0 bridgehead atoms. The fourth-order valence-corrected chi connectivity index (χ4v) is 2.10. The Balaban J connectivity index is 2.43. The number of nitrogens with one attached hydrogen (secondary N) is 1. The Labute approximate surface area is 113 Å². The van der Waals surface area contributed by atoms with E-state index in [2.05, 4.69) is 72.9 Å². The molecular weight excluding hydrogens is 309 g/mol. The van der Waals surface area contributed by atoms with Crippen LogP contribution in [0.25, 0.3) is 0 Å². The van der Waals surface area contributed by atoms with Crippen molar-refractivity contribution in [3.8, 4) is 0 Å². The molecular formula is C14H22IN. The molecule has 0 heterocycles. The molecule has 1 nitrogen and oxygen atoms in total. The van der Waals surface area contributed by atoms with Crippen LogP contribution in [0.3, 0.4) is 0 Å². The SMILES string of the molecule is CCCNC(C)C(C)Cc1ccc(I)cc1. The van der Waals surface area contributed by atoms with Gasteiger partial charge in [-0.3, -0.25) is 0 Å². The first-order valence-corrected chi connectivity index (χ1v) is 7.19. The van der Waals surface area contributed by atoms with E-state index < -0.39 is 0 Å². The summed E-state index contributed by atoms with van der Waals surface area (Å²) in [6, 6.07) is 9.45. The Morgan fingerprint density at radius 3 is 2.38 bits per heavy atom. The van der Waals surface area contributed by atoms with E-state index >= 15 is 0 Å². The zero-order valence-corrected chi connectivity index (χ0v) is 12.6. The second kappa shape index (κ2) is 7.28. The van der Waals surface area contributed by atoms with Crippen LogP contribution < -0.4 is 5.32 Å². The monoisotopic (exact) mass is 331 g/mol. The second-order valence-electron chi connectivity index (χ2n) is 4.55. The van der Waals surface area contributed by atoms with Crippen LogP contribution in [0.1, 0.15) is 32.8 Å². The Morgan fingerprint density at radius 2 is 1.81 bits per heavy atom. The van der Waals surface area contributed by atoms with Gasteiger partial charge in [-0.25, -0.2) is 0 Å². The highest BCUT2D eigenvalue weighted by Crippen LogP contribution is 2.14. The third kappa shape index (κ3) is 4.83. The number of hydrogen-bond donors (Lipinski definition) is 1. The lowest BCUT2D eigenvalue weighted by molar-refractivity contribution is 0.399. The number of benzene rings is 1. The standard InChI is InChI=1S/C14H22IN/c1-4-9-16-12(3)11(2)10-13-5-7-14(15)8-6-13/h5-8,11-12,16H,4,9-10H2,1-3H3. The van der Waals surface area contributed by atoms with Crippen LogP contribution in [-0.4, -0.2) is 12.6 Å². The van der Waals surface area contributed by atoms with Gasteiger partial charge in [0.1, 0.15) is 0 Å². The third-order valence-electron chi connectivity index (χ3n) is 3.04. The smallest absolute Gasteiger partial charge is 0.0130 e. The molecule has 0 radical (unpaired) electrons. The van der Waals surface area contributed by atoms with Gasteiger partial charge in [0.15, 0.2) is 0 Å². The largest absolute Gasteiger partial charge is 0.314 e. The van der Waals surface area contributed by atoms with Gasteiger partial charge in [0.25, 0.3) is 0 Å². The summed E-state index contributed by atoms with van der Waals surface area (Å²) in [4.78, 5) is 0. The van der Waals surface area contributed by atoms with Crippen molar-refractivity contribution < 1.29 is 0 Å². The molecule has 0 fully saturated rings. The number of hydrogen-bond acceptors (Lipinski definition) is 1. The molecule has 0 saturated heterocycles. The lowest BCUT2D eigenvalue weighted by Gasteiger charge is -2.21. The van der Waals surface area contributed by atoms with E-state index in [-0.39, 0.29) is 0 Å². The van der Waals surface area contributed by atoms with Crippen LogP contribution in [0.4, 0.5) is 0 Å². The highest BCUT2D eigenvalue weighted by Gasteiger charge is 2.11. The summed E-state index contributed by atoms with van der Waals surface area (Å²) in [7, 11) is 0. The second-order valence-corrected chi connectivity index (χ2v) is 5.80. The van der Waals surface area contributed by atoms with Crippen molar-refractivity contribution >= 4 is 22.6 Å². The maximum atomic E-state index is 3.56. The number of halogens is 1. The zero-order valence-electron chi connectivity index (χ0n) is 10.5. The van der Waals surface area contributed by atoms with E-state index in [1.54, 1.807) is 0 Å². The molecule has 0 amide bonds. The van der Waals surface area contributed by atoms with Crippen molar-refractivity contribution in [3.05, 3.63) is 33.4 Å². The summed E-state index contributed by atoms with van der Waals surface area (Å²) in [5.41, 5.74) is 1.44. The lowest BCUT2D eigenvalue weighted by atomic mass is 9.95. The fourth-order valence-electron chi connectivity index (χ4n) is 1.74. The average Bonchev–Trinajstić information content (AvgIpc) is 2.29. The van der Waals surface area contributed by atoms with Crippen molar-refractivity contribution in [2.24, 2.45) is 5.92 Å². The van der Waals surface area contributed by atoms with Gasteiger partial charge in [0, 0.05) is 9.61 Å². The summed E-state index contributed by atoms with van der Waals surface area (Å²) >= 11 is 2.35. The quantitative estimate of drug-likeness (QED) is 0.781. The lowest BCUT2D eigenvalue weighted by Crippen LogP contribution is -2.33. The first kappa shape index (κ1) is 14.0. The summed E-state index contributed by atoms with van der Waals surface area (Å²) in [5, 5.41) is 3.56. The Bertz CT molecular complexity index is 294. The van der Waals surface area contributed by atoms with Gasteiger partial charge in [-0.05, 0) is 72.5 Å². The first-order valence-electron chi connectivity index (χ1n) is 6.11. The highest BCUT2D eigenvalue weighted by atomic mass is 127. The zero-order chi connectivity index (χ0) is 12.0. The van der Waals surface area contributed by atoms with E-state index in [4.69, 9.17) is 0 Å². The van der Waals surface area contributed by atoms with Gasteiger partial charge in [0.2, 0.25) is 0 Å². The fraction of sp³-hybridized carbons (Fsp3) is 0.571. The molecule has 0 spiro atoms. The highest BCUT2D eigenvalue weighted by molar-refractivity contribution is 14.1. The molecule has 2 heteroatoms. The van der Waals surface area contributed by atoms with Gasteiger partial charge in [0.05, 0.1) is 0 Å². The molecule has 0 aliphatic carbocycles. The predicted molar refractivity (Wildman–Crippen MR) is 79.8 cm³/mol. The maximum absolute atomic E-state index is 3.56. The molecule has 2 atom stereocenters. The molecule has 90 valence electrons. The molecule has 16 heavy (non-hydrogen) atoms. The van der Waals surface area contributed by atoms with Crippen LogP contribution >= 0.6 is 22.6 Å². The van der Waals surface area contributed by atoms with Crippen molar-refractivity contribution in [1.29, 1.82) is 0 Å². The molecule has 1 aromatic rings. The van der Waals surface area contributed by atoms with Crippen LogP contribution in [0.15, 0.2) is 24.3 Å². The van der Waals surface area contributed by atoms with E-state index in [0.717, 1.165) is 13.0 Å². The van der Waals surface area contributed by atoms with Crippen LogP contribution in [0.5, 0.6) is 0 Å². The average molecular weight is 331 g/mol. The third-order valence-corrected chi connectivity index (χ3v) is 3.76. The van der Waals surface area contributed by atoms with Gasteiger partial charge < -0.3 is 5.32 Å². The van der Waals surface area contributed by atoms with Gasteiger partial charge in [-0.1, -0.05) is 26.0 Å². The van der Waals surface area contributed by atoms with E-state index in [1.807, 2.05) is 0 Å². The molecule has 1 rings (SSSR count). The van der Waals surface area contributed by atoms with Crippen molar-refractivity contribution in [2.75, 3.05) is 6.54 Å². The van der Waals surface area contributed by atoms with Crippen LogP contribution in [0.2, 0.25) is 0 Å². The minimum absolute atomic E-state index is 0.597. The van der Waals surface area contributed by atoms with Crippen molar-refractivity contribution in [1.82, 2.24) is 5.32 Å². The summed E-state index contributed by atoms with van der Waals surface area (Å²) in [6.07, 6.45) is 2.37. The Kier molecular flexibility index (Phi) is 6.36. The van der Waals surface area contributed by atoms with Gasteiger partial charge in [-0.15, -0.1) is 0 Å². The maximum Gasteiger partial charge on any atom is 0.0130 e. The van der Waals surface area contributed by atoms with Crippen molar-refractivity contribution in [3.63, 3.8) is 0 Å². The molecule has 1 N–H and O–H groups in total.